The summed E-state index contributed by atoms with van der Waals surface area (Å²) in [7, 11) is 1.87. The Morgan fingerprint density at radius 3 is 2.76 bits per heavy atom. The summed E-state index contributed by atoms with van der Waals surface area (Å²) in [5.74, 6) is 0.610. The number of piperidine rings is 1. The maximum absolute atomic E-state index is 12.6. The van der Waals surface area contributed by atoms with Gasteiger partial charge >= 0.3 is 6.03 Å². The summed E-state index contributed by atoms with van der Waals surface area (Å²) in [6.45, 7) is 2.31. The van der Waals surface area contributed by atoms with Crippen LogP contribution in [0.4, 0.5) is 4.79 Å². The lowest BCUT2D eigenvalue weighted by atomic mass is 9.93. The van der Waals surface area contributed by atoms with Gasteiger partial charge in [0.25, 0.3) is 0 Å². The minimum absolute atomic E-state index is 0.0976. The van der Waals surface area contributed by atoms with Crippen LogP contribution in [-0.4, -0.2) is 59.4 Å². The van der Waals surface area contributed by atoms with Crippen molar-refractivity contribution in [3.05, 3.63) is 30.1 Å². The van der Waals surface area contributed by atoms with Gasteiger partial charge in [0.15, 0.2) is 0 Å². The molecule has 160 valence electrons. The average molecular weight is 401 g/mol. The molecule has 0 radical (unpaired) electrons. The summed E-state index contributed by atoms with van der Waals surface area (Å²) in [6.07, 6.45) is 12.1. The fourth-order valence-electron chi connectivity index (χ4n) is 4.47. The van der Waals surface area contributed by atoms with E-state index in [2.05, 4.69) is 10.3 Å². The van der Waals surface area contributed by atoms with Gasteiger partial charge in [-0.3, -0.25) is 9.78 Å². The van der Waals surface area contributed by atoms with Crippen LogP contribution in [0.2, 0.25) is 0 Å². The maximum atomic E-state index is 12.6. The smallest absolute Gasteiger partial charge is 0.317 e. The van der Waals surface area contributed by atoms with E-state index in [0.29, 0.717) is 24.9 Å². The first kappa shape index (κ1) is 21.6. The maximum Gasteiger partial charge on any atom is 0.317 e. The molecule has 1 aliphatic heterocycles. The summed E-state index contributed by atoms with van der Waals surface area (Å²) in [5.41, 5.74) is 1.01. The number of likely N-dealkylation sites (N-methyl/N-ethyl adjacent to an activating group) is 1. The molecule has 0 bridgehead atoms. The van der Waals surface area contributed by atoms with Crippen LogP contribution in [0.1, 0.15) is 63.5 Å². The summed E-state index contributed by atoms with van der Waals surface area (Å²) in [4.78, 5) is 33.2. The molecular weight excluding hydrogens is 364 g/mol. The molecule has 0 spiro atoms. The van der Waals surface area contributed by atoms with Crippen LogP contribution in [0.5, 0.6) is 0 Å². The quantitative estimate of drug-likeness (QED) is 0.760. The van der Waals surface area contributed by atoms with Crippen molar-refractivity contribution in [2.45, 2.75) is 70.3 Å². The van der Waals surface area contributed by atoms with Crippen LogP contribution in [-0.2, 0) is 11.2 Å². The van der Waals surface area contributed by atoms with E-state index < -0.39 is 0 Å². The van der Waals surface area contributed by atoms with Crippen molar-refractivity contribution in [1.82, 2.24) is 20.1 Å². The lowest BCUT2D eigenvalue weighted by Gasteiger charge is -2.34. The van der Waals surface area contributed by atoms with Crippen molar-refractivity contribution in [3.8, 4) is 0 Å². The molecule has 29 heavy (non-hydrogen) atoms. The van der Waals surface area contributed by atoms with Crippen LogP contribution in [0.15, 0.2) is 24.4 Å². The topological polar surface area (TPSA) is 65.5 Å². The summed E-state index contributed by atoms with van der Waals surface area (Å²) < 4.78 is 0. The highest BCUT2D eigenvalue weighted by Gasteiger charge is 2.26. The number of carbonyl (C=O) groups is 2. The molecule has 1 saturated carbocycles. The molecule has 6 heteroatoms. The molecule has 1 saturated heterocycles. The molecule has 6 nitrogen and oxygen atoms in total. The largest absolute Gasteiger partial charge is 0.345 e. The number of urea groups is 1. The second-order valence-electron chi connectivity index (χ2n) is 8.66. The minimum atomic E-state index is 0.0976. The van der Waals surface area contributed by atoms with E-state index in [9.17, 15) is 9.59 Å². The van der Waals surface area contributed by atoms with Crippen molar-refractivity contribution in [2.24, 2.45) is 5.92 Å². The molecule has 2 heterocycles. The number of nitrogens with one attached hydrogen (secondary N) is 1. The van der Waals surface area contributed by atoms with Crippen molar-refractivity contribution in [3.63, 3.8) is 0 Å². The Balaban J connectivity index is 1.37. The zero-order chi connectivity index (χ0) is 20.5. The van der Waals surface area contributed by atoms with Crippen LogP contribution in [0.3, 0.4) is 0 Å². The molecule has 0 aromatic carbocycles. The average Bonchev–Trinajstić information content (AvgIpc) is 2.77. The lowest BCUT2D eigenvalue weighted by Crippen LogP contribution is -2.49. The molecule has 1 aliphatic carbocycles. The van der Waals surface area contributed by atoms with E-state index in [1.54, 1.807) is 6.20 Å². The van der Waals surface area contributed by atoms with Crippen LogP contribution >= 0.6 is 0 Å². The standard InChI is InChI=1S/C23H36N4O2/c1-26(17-14-20-9-5-6-15-24-20)22(28)13-12-19-8-7-16-27(18-19)23(29)25-21-10-3-2-4-11-21/h5-6,9,15,19,21H,2-4,7-8,10-14,16-18H2,1H3,(H,25,29)/t19-/m0/s1. The fraction of sp³-hybridized carbons (Fsp3) is 0.696. The van der Waals surface area contributed by atoms with Gasteiger partial charge in [0.1, 0.15) is 0 Å². The molecule has 1 aromatic rings. The van der Waals surface area contributed by atoms with Gasteiger partial charge in [0.05, 0.1) is 0 Å². The molecule has 1 aromatic heterocycles. The summed E-state index contributed by atoms with van der Waals surface area (Å²) >= 11 is 0. The zero-order valence-corrected chi connectivity index (χ0v) is 17.8. The number of hydrogen-bond acceptors (Lipinski definition) is 3. The molecule has 3 amide bonds. The number of aromatic nitrogens is 1. The van der Waals surface area contributed by atoms with Crippen molar-refractivity contribution in [1.29, 1.82) is 0 Å². The number of hydrogen-bond donors (Lipinski definition) is 1. The predicted molar refractivity (Wildman–Crippen MR) is 115 cm³/mol. The first-order chi connectivity index (χ1) is 14.1. The Kier molecular flexibility index (Phi) is 8.32. The number of rotatable bonds is 7. The molecular formula is C23H36N4O2. The van der Waals surface area contributed by atoms with Crippen LogP contribution < -0.4 is 5.32 Å². The third kappa shape index (κ3) is 7.02. The van der Waals surface area contributed by atoms with Gasteiger partial charge in [-0.25, -0.2) is 4.79 Å². The van der Waals surface area contributed by atoms with Gasteiger partial charge in [-0.2, -0.15) is 0 Å². The fourth-order valence-corrected chi connectivity index (χ4v) is 4.47. The molecule has 2 aliphatic rings. The second-order valence-corrected chi connectivity index (χ2v) is 8.66. The number of pyridine rings is 1. The third-order valence-corrected chi connectivity index (χ3v) is 6.36. The Hall–Kier alpha value is -2.11. The molecule has 0 unspecified atom stereocenters. The SMILES string of the molecule is CN(CCc1ccccn1)C(=O)CC[C@@H]1CCCN(C(=O)NC2CCCCC2)C1. The Labute approximate surface area is 175 Å². The molecule has 1 atom stereocenters. The van der Waals surface area contributed by atoms with Gasteiger partial charge < -0.3 is 15.1 Å². The number of likely N-dealkylation sites (tertiary alicyclic amines) is 1. The summed E-state index contributed by atoms with van der Waals surface area (Å²) in [5, 5.41) is 3.23. The Morgan fingerprint density at radius 2 is 2.00 bits per heavy atom. The van der Waals surface area contributed by atoms with E-state index in [0.717, 1.165) is 57.3 Å². The highest BCUT2D eigenvalue weighted by Crippen LogP contribution is 2.23. The zero-order valence-electron chi connectivity index (χ0n) is 17.8. The summed E-state index contributed by atoms with van der Waals surface area (Å²) in [6, 6.07) is 6.32. The minimum Gasteiger partial charge on any atom is -0.345 e. The molecule has 2 fully saturated rings. The van der Waals surface area contributed by atoms with E-state index in [-0.39, 0.29) is 11.9 Å². The number of carbonyl (C=O) groups excluding carboxylic acids is 2. The monoisotopic (exact) mass is 400 g/mol. The first-order valence-corrected chi connectivity index (χ1v) is 11.3. The van der Waals surface area contributed by atoms with Crippen LogP contribution in [0, 0.1) is 5.92 Å². The van der Waals surface area contributed by atoms with Gasteiger partial charge in [0, 0.05) is 57.5 Å². The number of nitrogens with zero attached hydrogens (tertiary/aromatic N) is 3. The van der Waals surface area contributed by atoms with Crippen LogP contribution in [0.25, 0.3) is 0 Å². The van der Waals surface area contributed by atoms with Crippen molar-refractivity contribution < 1.29 is 9.59 Å². The van der Waals surface area contributed by atoms with Gasteiger partial charge in [-0.15, -0.1) is 0 Å². The molecule has 3 rings (SSSR count). The third-order valence-electron chi connectivity index (χ3n) is 6.36. The van der Waals surface area contributed by atoms with E-state index in [1.165, 1.54) is 19.3 Å². The van der Waals surface area contributed by atoms with Crippen molar-refractivity contribution in [2.75, 3.05) is 26.7 Å². The lowest BCUT2D eigenvalue weighted by molar-refractivity contribution is -0.130. The molecule has 1 N–H and O–H groups in total. The number of amides is 3. The van der Waals surface area contributed by atoms with E-state index in [1.807, 2.05) is 35.0 Å². The second kappa shape index (κ2) is 11.2. The van der Waals surface area contributed by atoms with Gasteiger partial charge in [0.2, 0.25) is 5.91 Å². The van der Waals surface area contributed by atoms with Gasteiger partial charge in [-0.1, -0.05) is 25.3 Å². The normalized spacial score (nSPS) is 20.3. The Morgan fingerprint density at radius 1 is 1.17 bits per heavy atom. The highest BCUT2D eigenvalue weighted by molar-refractivity contribution is 5.76. The predicted octanol–water partition coefficient (Wildman–Crippen LogP) is 3.62. The first-order valence-electron chi connectivity index (χ1n) is 11.3. The van der Waals surface area contributed by atoms with E-state index in [4.69, 9.17) is 0 Å². The Bertz CT molecular complexity index is 646. The highest BCUT2D eigenvalue weighted by atomic mass is 16.2. The van der Waals surface area contributed by atoms with E-state index >= 15 is 0 Å². The van der Waals surface area contributed by atoms with Crippen molar-refractivity contribution >= 4 is 11.9 Å². The van der Waals surface area contributed by atoms with Gasteiger partial charge in [-0.05, 0) is 50.2 Å².